The summed E-state index contributed by atoms with van der Waals surface area (Å²) < 4.78 is 2.21. The average Bonchev–Trinajstić information content (AvgIpc) is 2.94. The fraction of sp³-hybridized carbons (Fsp3) is 0.526. The van der Waals surface area contributed by atoms with Gasteiger partial charge >= 0.3 is 5.97 Å². The van der Waals surface area contributed by atoms with Crippen molar-refractivity contribution in [2.24, 2.45) is 0 Å². The normalized spacial score (nSPS) is 15.9. The number of nitrogens with one attached hydrogen (secondary N) is 1. The molecule has 1 saturated heterocycles. The van der Waals surface area contributed by atoms with Gasteiger partial charge in [-0.3, -0.25) is 0 Å². The maximum Gasteiger partial charge on any atom is 0.336 e. The van der Waals surface area contributed by atoms with E-state index in [2.05, 4.69) is 27.9 Å². The van der Waals surface area contributed by atoms with Gasteiger partial charge in [-0.05, 0) is 43.5 Å². The van der Waals surface area contributed by atoms with Gasteiger partial charge in [-0.15, -0.1) is 0 Å². The Kier molecular flexibility index (Phi) is 5.53. The van der Waals surface area contributed by atoms with Gasteiger partial charge in [-0.2, -0.15) is 0 Å². The molecule has 0 unspecified atom stereocenters. The van der Waals surface area contributed by atoms with Gasteiger partial charge in [-0.25, -0.2) is 4.79 Å². The van der Waals surface area contributed by atoms with Crippen LogP contribution in [0.2, 0.25) is 0 Å². The second-order valence-electron chi connectivity index (χ2n) is 6.55. The van der Waals surface area contributed by atoms with E-state index >= 15 is 0 Å². The number of piperazine rings is 1. The molecule has 0 amide bonds. The number of rotatable bonds is 7. The Bertz CT molecular complexity index is 702. The van der Waals surface area contributed by atoms with Crippen LogP contribution in [0.4, 0.5) is 0 Å². The lowest BCUT2D eigenvalue weighted by Crippen LogP contribution is -2.43. The molecular formula is C19H27N3O2. The second kappa shape index (κ2) is 7.81. The molecule has 0 radical (unpaired) electrons. The van der Waals surface area contributed by atoms with Gasteiger partial charge in [0.15, 0.2) is 0 Å². The fourth-order valence-corrected chi connectivity index (χ4v) is 3.66. The fourth-order valence-electron chi connectivity index (χ4n) is 3.66. The summed E-state index contributed by atoms with van der Waals surface area (Å²) in [5.41, 5.74) is 2.65. The SMILES string of the molecule is CCCn1cc(CCCN2CCNCC2)c2c(C(=O)O)cccc21. The number of aromatic nitrogens is 1. The molecule has 2 N–H and O–H groups in total. The number of aromatic carboxylic acids is 1. The average molecular weight is 329 g/mol. The van der Waals surface area contributed by atoms with Crippen molar-refractivity contribution < 1.29 is 9.90 Å². The monoisotopic (exact) mass is 329 g/mol. The van der Waals surface area contributed by atoms with Crippen molar-refractivity contribution in [2.75, 3.05) is 32.7 Å². The number of carboxylic acids is 1. The Morgan fingerprint density at radius 1 is 1.25 bits per heavy atom. The Hall–Kier alpha value is -1.85. The number of benzene rings is 1. The van der Waals surface area contributed by atoms with E-state index < -0.39 is 5.97 Å². The summed E-state index contributed by atoms with van der Waals surface area (Å²) >= 11 is 0. The molecule has 5 nitrogen and oxygen atoms in total. The van der Waals surface area contributed by atoms with Crippen molar-refractivity contribution in [3.63, 3.8) is 0 Å². The standard InChI is InChI=1S/C19H27N3O2/c1-2-10-22-14-15(5-4-11-21-12-8-20-9-13-21)18-16(19(23)24)6-3-7-17(18)22/h3,6-7,14,20H,2,4-5,8-13H2,1H3,(H,23,24). The molecule has 0 saturated carbocycles. The van der Waals surface area contributed by atoms with Gasteiger partial charge in [0.2, 0.25) is 0 Å². The van der Waals surface area contributed by atoms with Crippen LogP contribution in [0.25, 0.3) is 10.9 Å². The molecular weight excluding hydrogens is 302 g/mol. The van der Waals surface area contributed by atoms with Crippen molar-refractivity contribution >= 4 is 16.9 Å². The smallest absolute Gasteiger partial charge is 0.336 e. The van der Waals surface area contributed by atoms with Gasteiger partial charge in [0.1, 0.15) is 0 Å². The van der Waals surface area contributed by atoms with E-state index in [1.807, 2.05) is 12.1 Å². The first kappa shape index (κ1) is 17.0. The van der Waals surface area contributed by atoms with Crippen molar-refractivity contribution in [1.29, 1.82) is 0 Å². The third kappa shape index (κ3) is 3.62. The highest BCUT2D eigenvalue weighted by Crippen LogP contribution is 2.27. The van der Waals surface area contributed by atoms with Crippen LogP contribution in [-0.2, 0) is 13.0 Å². The maximum atomic E-state index is 11.6. The summed E-state index contributed by atoms with van der Waals surface area (Å²) in [5.74, 6) is -0.835. The molecule has 1 aliphatic heterocycles. The van der Waals surface area contributed by atoms with E-state index in [1.165, 1.54) is 5.56 Å². The second-order valence-corrected chi connectivity index (χ2v) is 6.55. The van der Waals surface area contributed by atoms with Crippen molar-refractivity contribution in [3.05, 3.63) is 35.5 Å². The molecule has 1 aliphatic rings. The molecule has 0 aliphatic carbocycles. The zero-order valence-corrected chi connectivity index (χ0v) is 14.4. The van der Waals surface area contributed by atoms with Crippen LogP contribution >= 0.6 is 0 Å². The van der Waals surface area contributed by atoms with Gasteiger partial charge in [-0.1, -0.05) is 13.0 Å². The number of hydrogen-bond acceptors (Lipinski definition) is 3. The van der Waals surface area contributed by atoms with Crippen LogP contribution in [0.3, 0.4) is 0 Å². The minimum absolute atomic E-state index is 0.430. The molecule has 2 heterocycles. The van der Waals surface area contributed by atoms with Crippen LogP contribution in [0.5, 0.6) is 0 Å². The summed E-state index contributed by atoms with van der Waals surface area (Å²) in [5, 5.41) is 13.9. The van der Waals surface area contributed by atoms with Crippen molar-refractivity contribution in [2.45, 2.75) is 32.7 Å². The zero-order chi connectivity index (χ0) is 16.9. The summed E-state index contributed by atoms with van der Waals surface area (Å²) in [6.07, 6.45) is 5.21. The van der Waals surface area contributed by atoms with Crippen LogP contribution in [-0.4, -0.2) is 53.3 Å². The quantitative estimate of drug-likeness (QED) is 0.820. The number of fused-ring (bicyclic) bond motifs is 1. The molecule has 0 spiro atoms. The number of hydrogen-bond donors (Lipinski definition) is 2. The highest BCUT2D eigenvalue weighted by molar-refractivity contribution is 6.04. The van der Waals surface area contributed by atoms with E-state index in [9.17, 15) is 9.90 Å². The third-order valence-corrected chi connectivity index (χ3v) is 4.81. The summed E-state index contributed by atoms with van der Waals surface area (Å²) in [4.78, 5) is 14.1. The van der Waals surface area contributed by atoms with Gasteiger partial charge in [0.05, 0.1) is 5.56 Å². The van der Waals surface area contributed by atoms with Gasteiger partial charge in [0, 0.05) is 49.8 Å². The first-order valence-corrected chi connectivity index (χ1v) is 8.97. The van der Waals surface area contributed by atoms with Crippen molar-refractivity contribution in [1.82, 2.24) is 14.8 Å². The van der Waals surface area contributed by atoms with E-state index in [0.717, 1.165) is 69.4 Å². The predicted molar refractivity (Wildman–Crippen MR) is 96.8 cm³/mol. The van der Waals surface area contributed by atoms with E-state index in [0.29, 0.717) is 5.56 Å². The Morgan fingerprint density at radius 3 is 2.75 bits per heavy atom. The van der Waals surface area contributed by atoms with Crippen molar-refractivity contribution in [3.8, 4) is 0 Å². The van der Waals surface area contributed by atoms with Crippen LogP contribution in [0.1, 0.15) is 35.7 Å². The highest BCUT2D eigenvalue weighted by Gasteiger charge is 2.16. The Labute approximate surface area is 143 Å². The summed E-state index contributed by atoms with van der Waals surface area (Å²) in [6.45, 7) is 8.51. The predicted octanol–water partition coefficient (Wildman–Crippen LogP) is 2.59. The minimum atomic E-state index is -0.835. The largest absolute Gasteiger partial charge is 0.478 e. The first-order chi connectivity index (χ1) is 11.7. The van der Waals surface area contributed by atoms with Crippen LogP contribution < -0.4 is 5.32 Å². The minimum Gasteiger partial charge on any atom is -0.478 e. The Balaban J connectivity index is 1.81. The number of carboxylic acid groups (broad SMARTS) is 1. The number of nitrogens with zero attached hydrogens (tertiary/aromatic N) is 2. The molecule has 2 aromatic rings. The number of carbonyl (C=O) groups is 1. The lowest BCUT2D eigenvalue weighted by Gasteiger charge is -2.27. The topological polar surface area (TPSA) is 57.5 Å². The number of aryl methyl sites for hydroxylation is 2. The Morgan fingerprint density at radius 2 is 2.04 bits per heavy atom. The van der Waals surface area contributed by atoms with E-state index in [4.69, 9.17) is 0 Å². The highest BCUT2D eigenvalue weighted by atomic mass is 16.4. The molecule has 24 heavy (non-hydrogen) atoms. The maximum absolute atomic E-state index is 11.6. The first-order valence-electron chi connectivity index (χ1n) is 8.97. The molecule has 0 bridgehead atoms. The molecule has 1 fully saturated rings. The molecule has 3 rings (SSSR count). The zero-order valence-electron chi connectivity index (χ0n) is 14.4. The van der Waals surface area contributed by atoms with Gasteiger partial charge < -0.3 is 19.9 Å². The van der Waals surface area contributed by atoms with Crippen LogP contribution in [0.15, 0.2) is 24.4 Å². The molecule has 5 heteroatoms. The molecule has 1 aromatic heterocycles. The summed E-state index contributed by atoms with van der Waals surface area (Å²) in [6, 6.07) is 5.61. The third-order valence-electron chi connectivity index (χ3n) is 4.81. The molecule has 0 atom stereocenters. The lowest BCUT2D eigenvalue weighted by atomic mass is 10.0. The molecule has 130 valence electrons. The molecule has 1 aromatic carbocycles. The van der Waals surface area contributed by atoms with E-state index in [-0.39, 0.29) is 0 Å². The summed E-state index contributed by atoms with van der Waals surface area (Å²) in [7, 11) is 0. The van der Waals surface area contributed by atoms with E-state index in [1.54, 1.807) is 6.07 Å². The van der Waals surface area contributed by atoms with Crippen LogP contribution in [0, 0.1) is 0 Å². The van der Waals surface area contributed by atoms with Gasteiger partial charge in [0.25, 0.3) is 0 Å². The lowest BCUT2D eigenvalue weighted by molar-refractivity contribution is 0.0699.